The highest BCUT2D eigenvalue weighted by atomic mass is 19.2. The number of carbonyl (C=O) groups is 1. The fraction of sp³-hybridized carbons (Fsp3) is 0.417. The van der Waals surface area contributed by atoms with Crippen LogP contribution in [0, 0.1) is 11.6 Å². The van der Waals surface area contributed by atoms with Crippen LogP contribution in [0.5, 0.6) is 0 Å². The summed E-state index contributed by atoms with van der Waals surface area (Å²) in [5.41, 5.74) is 0.208. The Hall–Kier alpha value is -1.45. The van der Waals surface area contributed by atoms with Crippen molar-refractivity contribution >= 4 is 6.41 Å². The van der Waals surface area contributed by atoms with E-state index < -0.39 is 11.6 Å². The number of carbonyl (C=O) groups excluding carboxylic acids is 1. The molecule has 0 atom stereocenters. The zero-order valence-electron chi connectivity index (χ0n) is 8.80. The molecule has 1 N–H and O–H groups in total. The molecule has 86 valence electrons. The number of rotatable bonds is 5. The van der Waals surface area contributed by atoms with Gasteiger partial charge in [0.1, 0.15) is 0 Å². The SMILES string of the molecule is O=CNC1(CCc2cccc(F)c2F)CC1. The second kappa shape index (κ2) is 4.20. The van der Waals surface area contributed by atoms with E-state index in [1.165, 1.54) is 6.07 Å². The van der Waals surface area contributed by atoms with E-state index in [-0.39, 0.29) is 5.54 Å². The fourth-order valence-electron chi connectivity index (χ4n) is 1.86. The smallest absolute Gasteiger partial charge is 0.207 e. The molecule has 0 aromatic heterocycles. The summed E-state index contributed by atoms with van der Waals surface area (Å²) in [6.07, 6.45) is 3.62. The van der Waals surface area contributed by atoms with Crippen LogP contribution in [-0.4, -0.2) is 11.9 Å². The minimum Gasteiger partial charge on any atom is -0.353 e. The third-order valence-corrected chi connectivity index (χ3v) is 3.12. The van der Waals surface area contributed by atoms with Crippen molar-refractivity contribution in [2.24, 2.45) is 0 Å². The van der Waals surface area contributed by atoms with Gasteiger partial charge in [0.15, 0.2) is 11.6 Å². The molecule has 0 bridgehead atoms. The Morgan fingerprint density at radius 1 is 1.38 bits per heavy atom. The first-order chi connectivity index (χ1) is 7.67. The second-order valence-electron chi connectivity index (χ2n) is 4.26. The Bertz CT molecular complexity index is 402. The predicted molar refractivity (Wildman–Crippen MR) is 55.8 cm³/mol. The van der Waals surface area contributed by atoms with Gasteiger partial charge in [-0.05, 0) is 37.3 Å². The van der Waals surface area contributed by atoms with Crippen molar-refractivity contribution in [3.8, 4) is 0 Å². The molecule has 1 fully saturated rings. The van der Waals surface area contributed by atoms with Crippen LogP contribution >= 0.6 is 0 Å². The predicted octanol–water partition coefficient (Wildman–Crippen LogP) is 2.18. The third kappa shape index (κ3) is 2.21. The lowest BCUT2D eigenvalue weighted by molar-refractivity contribution is -0.110. The number of amides is 1. The van der Waals surface area contributed by atoms with Crippen molar-refractivity contribution in [2.75, 3.05) is 0 Å². The number of benzene rings is 1. The molecule has 2 nitrogen and oxygen atoms in total. The van der Waals surface area contributed by atoms with Crippen LogP contribution in [0.4, 0.5) is 8.78 Å². The Labute approximate surface area is 92.7 Å². The Balaban J connectivity index is 2.00. The summed E-state index contributed by atoms with van der Waals surface area (Å²) in [6.45, 7) is 0. The van der Waals surface area contributed by atoms with Crippen molar-refractivity contribution < 1.29 is 13.6 Å². The minimum absolute atomic E-state index is 0.166. The van der Waals surface area contributed by atoms with Gasteiger partial charge < -0.3 is 5.32 Å². The van der Waals surface area contributed by atoms with Gasteiger partial charge in [0, 0.05) is 5.54 Å². The van der Waals surface area contributed by atoms with E-state index in [9.17, 15) is 13.6 Å². The summed E-state index contributed by atoms with van der Waals surface area (Å²) < 4.78 is 26.2. The largest absolute Gasteiger partial charge is 0.353 e. The van der Waals surface area contributed by atoms with Crippen molar-refractivity contribution in [1.82, 2.24) is 5.32 Å². The van der Waals surface area contributed by atoms with Gasteiger partial charge in [-0.3, -0.25) is 4.79 Å². The standard InChI is InChI=1S/C12H13F2NO/c13-10-3-1-2-9(11(10)14)4-5-12(6-7-12)15-8-16/h1-3,8H,4-7H2,(H,15,16). The molecular formula is C12H13F2NO. The quantitative estimate of drug-likeness (QED) is 0.764. The number of hydrogen-bond donors (Lipinski definition) is 1. The van der Waals surface area contributed by atoms with Gasteiger partial charge in [-0.1, -0.05) is 12.1 Å². The topological polar surface area (TPSA) is 29.1 Å². The van der Waals surface area contributed by atoms with Crippen molar-refractivity contribution in [3.05, 3.63) is 35.4 Å². The highest BCUT2D eigenvalue weighted by Crippen LogP contribution is 2.39. The van der Waals surface area contributed by atoms with E-state index in [2.05, 4.69) is 5.32 Å². The zero-order chi connectivity index (χ0) is 11.6. The molecule has 1 saturated carbocycles. The number of nitrogens with one attached hydrogen (secondary N) is 1. The van der Waals surface area contributed by atoms with Crippen LogP contribution in [-0.2, 0) is 11.2 Å². The maximum atomic E-state index is 13.3. The van der Waals surface area contributed by atoms with E-state index >= 15 is 0 Å². The van der Waals surface area contributed by atoms with E-state index in [0.29, 0.717) is 24.8 Å². The molecule has 1 aliphatic carbocycles. The zero-order valence-corrected chi connectivity index (χ0v) is 8.80. The van der Waals surface area contributed by atoms with Crippen LogP contribution in [0.1, 0.15) is 24.8 Å². The first-order valence-electron chi connectivity index (χ1n) is 5.31. The molecule has 1 amide bonds. The highest BCUT2D eigenvalue weighted by Gasteiger charge is 2.41. The average Bonchev–Trinajstić information content (AvgIpc) is 3.02. The van der Waals surface area contributed by atoms with Crippen LogP contribution in [0.2, 0.25) is 0 Å². The average molecular weight is 225 g/mol. The molecule has 1 aromatic rings. The van der Waals surface area contributed by atoms with Crippen molar-refractivity contribution in [3.63, 3.8) is 0 Å². The molecule has 1 aliphatic rings. The van der Waals surface area contributed by atoms with Gasteiger partial charge in [0.25, 0.3) is 0 Å². The highest BCUT2D eigenvalue weighted by molar-refractivity contribution is 5.49. The minimum atomic E-state index is -0.814. The van der Waals surface area contributed by atoms with E-state index in [1.807, 2.05) is 0 Å². The molecule has 0 unspecified atom stereocenters. The fourth-order valence-corrected chi connectivity index (χ4v) is 1.86. The summed E-state index contributed by atoms with van der Waals surface area (Å²) in [5, 5.41) is 2.74. The van der Waals surface area contributed by atoms with E-state index in [4.69, 9.17) is 0 Å². The summed E-state index contributed by atoms with van der Waals surface area (Å²) >= 11 is 0. The van der Waals surface area contributed by atoms with Crippen molar-refractivity contribution in [2.45, 2.75) is 31.2 Å². The van der Waals surface area contributed by atoms with Crippen LogP contribution in [0.3, 0.4) is 0 Å². The van der Waals surface area contributed by atoms with Crippen LogP contribution < -0.4 is 5.32 Å². The Kier molecular flexibility index (Phi) is 2.90. The molecule has 0 aliphatic heterocycles. The third-order valence-electron chi connectivity index (χ3n) is 3.12. The normalized spacial score (nSPS) is 16.9. The van der Waals surface area contributed by atoms with Gasteiger partial charge in [0.05, 0.1) is 0 Å². The Morgan fingerprint density at radius 2 is 2.12 bits per heavy atom. The number of aryl methyl sites for hydroxylation is 1. The molecule has 4 heteroatoms. The first kappa shape index (κ1) is 11.0. The molecule has 0 spiro atoms. The molecule has 0 radical (unpaired) electrons. The summed E-state index contributed by atoms with van der Waals surface area (Å²) in [6, 6.07) is 4.19. The molecule has 0 heterocycles. The maximum absolute atomic E-state index is 13.3. The van der Waals surface area contributed by atoms with E-state index in [1.54, 1.807) is 6.07 Å². The van der Waals surface area contributed by atoms with Gasteiger partial charge in [-0.25, -0.2) is 8.78 Å². The lowest BCUT2D eigenvalue weighted by atomic mass is 10.0. The van der Waals surface area contributed by atoms with Crippen molar-refractivity contribution in [1.29, 1.82) is 0 Å². The van der Waals surface area contributed by atoms with E-state index in [0.717, 1.165) is 18.9 Å². The number of hydrogen-bond acceptors (Lipinski definition) is 1. The summed E-state index contributed by atoms with van der Waals surface area (Å²) in [7, 11) is 0. The van der Waals surface area contributed by atoms with Crippen LogP contribution in [0.15, 0.2) is 18.2 Å². The molecule has 1 aromatic carbocycles. The molecule has 0 saturated heterocycles. The van der Waals surface area contributed by atoms with Gasteiger partial charge in [0.2, 0.25) is 6.41 Å². The second-order valence-corrected chi connectivity index (χ2v) is 4.26. The Morgan fingerprint density at radius 3 is 2.75 bits per heavy atom. The first-order valence-corrected chi connectivity index (χ1v) is 5.31. The summed E-state index contributed by atoms with van der Waals surface area (Å²) in [4.78, 5) is 10.3. The summed E-state index contributed by atoms with van der Waals surface area (Å²) in [5.74, 6) is -1.59. The van der Waals surface area contributed by atoms with Gasteiger partial charge >= 0.3 is 0 Å². The molecule has 16 heavy (non-hydrogen) atoms. The number of halogens is 2. The molecular weight excluding hydrogens is 212 g/mol. The van der Waals surface area contributed by atoms with Gasteiger partial charge in [-0.2, -0.15) is 0 Å². The lowest BCUT2D eigenvalue weighted by Crippen LogP contribution is -2.30. The lowest BCUT2D eigenvalue weighted by Gasteiger charge is -2.13. The maximum Gasteiger partial charge on any atom is 0.207 e. The van der Waals surface area contributed by atoms with Crippen LogP contribution in [0.25, 0.3) is 0 Å². The monoisotopic (exact) mass is 225 g/mol. The van der Waals surface area contributed by atoms with Gasteiger partial charge in [-0.15, -0.1) is 0 Å². The molecule has 2 rings (SSSR count).